The molecule has 0 aliphatic carbocycles. The summed E-state index contributed by atoms with van der Waals surface area (Å²) in [6.45, 7) is 1.85. The fourth-order valence-corrected chi connectivity index (χ4v) is 1.12. The number of aromatic nitrogens is 2. The minimum Gasteiger partial charge on any atom is -0.343 e. The number of amides is 1. The molecule has 5 heteroatoms. The third-order valence-electron chi connectivity index (χ3n) is 1.48. The van der Waals surface area contributed by atoms with Gasteiger partial charge in [0.25, 0.3) is 5.91 Å². The Morgan fingerprint density at radius 2 is 2.17 bits per heavy atom. The molecule has 1 amide bonds. The molecule has 12 heavy (non-hydrogen) atoms. The number of nitrogens with one attached hydrogen (secondary N) is 1. The van der Waals surface area contributed by atoms with Gasteiger partial charge in [-0.1, -0.05) is 0 Å². The van der Waals surface area contributed by atoms with Crippen LogP contribution in [-0.4, -0.2) is 35.1 Å². The third-order valence-corrected chi connectivity index (χ3v) is 2.45. The zero-order valence-electron chi connectivity index (χ0n) is 7.18. The largest absolute Gasteiger partial charge is 0.343 e. The number of carbonyl (C=O) groups is 1. The second kappa shape index (κ2) is 3.26. The number of nitrogens with zero attached hydrogens (tertiary/aromatic N) is 2. The number of H-pyrrole nitrogens is 1. The van der Waals surface area contributed by atoms with E-state index >= 15 is 0 Å². The van der Waals surface area contributed by atoms with Gasteiger partial charge in [-0.05, 0) is 22.9 Å². The molecule has 0 radical (unpaired) electrons. The fraction of sp³-hybridized carbons (Fsp3) is 0.429. The van der Waals surface area contributed by atoms with Crippen molar-refractivity contribution in [3.8, 4) is 0 Å². The minimum absolute atomic E-state index is 0.105. The summed E-state index contributed by atoms with van der Waals surface area (Å²) >= 11 is 3.28. The normalized spacial score (nSPS) is 10.0. The SMILES string of the molecule is Cc1[nH]nc(C(=O)N(C)C)c1Br. The molecular weight excluding hydrogens is 222 g/mol. The Labute approximate surface area is 79.1 Å². The lowest BCUT2D eigenvalue weighted by molar-refractivity contribution is 0.0821. The molecule has 0 aliphatic heterocycles. The molecule has 0 spiro atoms. The monoisotopic (exact) mass is 231 g/mol. The average molecular weight is 232 g/mol. The molecular formula is C7H10BrN3O. The van der Waals surface area contributed by atoms with E-state index in [1.165, 1.54) is 4.90 Å². The van der Waals surface area contributed by atoms with Crippen LogP contribution in [0.2, 0.25) is 0 Å². The van der Waals surface area contributed by atoms with Crippen LogP contribution in [0.25, 0.3) is 0 Å². The van der Waals surface area contributed by atoms with E-state index in [1.807, 2.05) is 6.92 Å². The van der Waals surface area contributed by atoms with E-state index in [1.54, 1.807) is 14.1 Å². The number of carbonyl (C=O) groups excluding carboxylic acids is 1. The standard InChI is InChI=1S/C7H10BrN3O/c1-4-5(8)6(10-9-4)7(12)11(2)3/h1-3H3,(H,9,10). The first-order valence-electron chi connectivity index (χ1n) is 3.46. The van der Waals surface area contributed by atoms with Crippen LogP contribution >= 0.6 is 15.9 Å². The predicted molar refractivity (Wildman–Crippen MR) is 49.0 cm³/mol. The van der Waals surface area contributed by atoms with Gasteiger partial charge in [0.1, 0.15) is 0 Å². The van der Waals surface area contributed by atoms with Crippen molar-refractivity contribution in [2.75, 3.05) is 14.1 Å². The average Bonchev–Trinajstić information content (AvgIpc) is 2.32. The molecule has 1 rings (SSSR count). The van der Waals surface area contributed by atoms with Crippen molar-refractivity contribution in [3.05, 3.63) is 15.9 Å². The summed E-state index contributed by atoms with van der Waals surface area (Å²) in [4.78, 5) is 12.9. The van der Waals surface area contributed by atoms with Crippen LogP contribution in [0.4, 0.5) is 0 Å². The van der Waals surface area contributed by atoms with E-state index in [0.29, 0.717) is 5.69 Å². The summed E-state index contributed by atoms with van der Waals surface area (Å²) in [6, 6.07) is 0. The van der Waals surface area contributed by atoms with Crippen LogP contribution in [0, 0.1) is 6.92 Å². The topological polar surface area (TPSA) is 49.0 Å². The van der Waals surface area contributed by atoms with Gasteiger partial charge >= 0.3 is 0 Å². The summed E-state index contributed by atoms with van der Waals surface area (Å²) in [5.41, 5.74) is 1.29. The highest BCUT2D eigenvalue weighted by Crippen LogP contribution is 2.18. The van der Waals surface area contributed by atoms with Crippen molar-refractivity contribution in [2.45, 2.75) is 6.92 Å². The molecule has 0 bridgehead atoms. The summed E-state index contributed by atoms with van der Waals surface area (Å²) in [7, 11) is 3.39. The van der Waals surface area contributed by atoms with Crippen LogP contribution in [0.3, 0.4) is 0 Å². The Morgan fingerprint density at radius 3 is 2.50 bits per heavy atom. The first-order chi connectivity index (χ1) is 5.54. The first-order valence-corrected chi connectivity index (χ1v) is 4.25. The number of aryl methyl sites for hydroxylation is 1. The van der Waals surface area contributed by atoms with Crippen molar-refractivity contribution in [1.82, 2.24) is 15.1 Å². The van der Waals surface area contributed by atoms with Crippen LogP contribution in [0.15, 0.2) is 4.47 Å². The van der Waals surface area contributed by atoms with Crippen LogP contribution in [0.5, 0.6) is 0 Å². The Morgan fingerprint density at radius 1 is 1.58 bits per heavy atom. The molecule has 0 unspecified atom stereocenters. The molecule has 0 atom stereocenters. The first kappa shape index (κ1) is 9.25. The van der Waals surface area contributed by atoms with Crippen LogP contribution in [-0.2, 0) is 0 Å². The zero-order chi connectivity index (χ0) is 9.30. The van der Waals surface area contributed by atoms with Gasteiger partial charge in [0.15, 0.2) is 5.69 Å². The van der Waals surface area contributed by atoms with Gasteiger partial charge in [0.2, 0.25) is 0 Å². The lowest BCUT2D eigenvalue weighted by Crippen LogP contribution is -2.22. The number of rotatable bonds is 1. The number of hydrogen-bond donors (Lipinski definition) is 1. The third kappa shape index (κ3) is 1.50. The van der Waals surface area contributed by atoms with E-state index in [2.05, 4.69) is 26.1 Å². The zero-order valence-corrected chi connectivity index (χ0v) is 8.77. The van der Waals surface area contributed by atoms with Crippen molar-refractivity contribution in [2.24, 2.45) is 0 Å². The highest BCUT2D eigenvalue weighted by Gasteiger charge is 2.16. The lowest BCUT2D eigenvalue weighted by atomic mass is 10.3. The highest BCUT2D eigenvalue weighted by molar-refractivity contribution is 9.10. The van der Waals surface area contributed by atoms with Crippen molar-refractivity contribution in [1.29, 1.82) is 0 Å². The quantitative estimate of drug-likeness (QED) is 0.790. The maximum absolute atomic E-state index is 11.4. The molecule has 1 N–H and O–H groups in total. The molecule has 4 nitrogen and oxygen atoms in total. The van der Waals surface area contributed by atoms with Crippen LogP contribution in [0.1, 0.15) is 16.2 Å². The Kier molecular flexibility index (Phi) is 2.52. The molecule has 0 aliphatic rings. The molecule has 1 aromatic heterocycles. The van der Waals surface area contributed by atoms with Crippen molar-refractivity contribution in [3.63, 3.8) is 0 Å². The van der Waals surface area contributed by atoms with E-state index < -0.39 is 0 Å². The van der Waals surface area contributed by atoms with Gasteiger partial charge in [-0.2, -0.15) is 5.10 Å². The van der Waals surface area contributed by atoms with Crippen molar-refractivity contribution >= 4 is 21.8 Å². The Balaban J connectivity index is 3.04. The summed E-state index contributed by atoms with van der Waals surface area (Å²) in [5, 5.41) is 6.60. The number of aromatic amines is 1. The smallest absolute Gasteiger partial charge is 0.275 e. The van der Waals surface area contributed by atoms with Crippen molar-refractivity contribution < 1.29 is 4.79 Å². The molecule has 0 fully saturated rings. The number of halogens is 1. The van der Waals surface area contributed by atoms with Gasteiger partial charge in [-0.25, -0.2) is 0 Å². The minimum atomic E-state index is -0.105. The Bertz CT molecular complexity index is 306. The van der Waals surface area contributed by atoms with E-state index in [4.69, 9.17) is 0 Å². The van der Waals surface area contributed by atoms with Crippen LogP contribution < -0.4 is 0 Å². The van der Waals surface area contributed by atoms with Gasteiger partial charge in [0.05, 0.1) is 4.47 Å². The predicted octanol–water partition coefficient (Wildman–Crippen LogP) is 1.18. The second-order valence-corrected chi connectivity index (χ2v) is 3.50. The summed E-state index contributed by atoms with van der Waals surface area (Å²) in [6.07, 6.45) is 0. The lowest BCUT2D eigenvalue weighted by Gasteiger charge is -2.07. The molecule has 0 saturated heterocycles. The molecule has 0 aromatic carbocycles. The molecule has 1 aromatic rings. The van der Waals surface area contributed by atoms with E-state index in [-0.39, 0.29) is 5.91 Å². The fourth-order valence-electron chi connectivity index (χ4n) is 0.769. The second-order valence-electron chi connectivity index (χ2n) is 2.71. The van der Waals surface area contributed by atoms with Gasteiger partial charge in [-0.15, -0.1) is 0 Å². The van der Waals surface area contributed by atoms with E-state index in [9.17, 15) is 4.79 Å². The van der Waals surface area contributed by atoms with E-state index in [0.717, 1.165) is 10.2 Å². The van der Waals surface area contributed by atoms with Gasteiger partial charge in [-0.3, -0.25) is 9.89 Å². The molecule has 0 saturated carbocycles. The maximum Gasteiger partial charge on any atom is 0.275 e. The van der Waals surface area contributed by atoms with Gasteiger partial charge < -0.3 is 4.90 Å². The highest BCUT2D eigenvalue weighted by atomic mass is 79.9. The molecule has 1 heterocycles. The summed E-state index contributed by atoms with van der Waals surface area (Å²) in [5.74, 6) is -0.105. The maximum atomic E-state index is 11.4. The van der Waals surface area contributed by atoms with Gasteiger partial charge in [0, 0.05) is 19.8 Å². The Hall–Kier alpha value is -0.840. The number of hydrogen-bond acceptors (Lipinski definition) is 2. The molecule has 66 valence electrons. The summed E-state index contributed by atoms with van der Waals surface area (Å²) < 4.78 is 0.737.